The number of benzene rings is 1. The van der Waals surface area contributed by atoms with Crippen LogP contribution in [0.4, 0.5) is 0 Å². The number of ether oxygens (including phenoxy) is 2. The first kappa shape index (κ1) is 11.3. The van der Waals surface area contributed by atoms with Crippen molar-refractivity contribution in [2.45, 2.75) is 6.29 Å². The van der Waals surface area contributed by atoms with Gasteiger partial charge in [0.25, 0.3) is 0 Å². The van der Waals surface area contributed by atoms with Crippen molar-refractivity contribution in [1.29, 1.82) is 0 Å². The molecule has 0 radical (unpaired) electrons. The fourth-order valence-electron chi connectivity index (χ4n) is 1.02. The average Bonchev–Trinajstić information content (AvgIpc) is 2.26. The second-order valence-corrected chi connectivity index (χ2v) is 3.07. The van der Waals surface area contributed by atoms with Gasteiger partial charge in [-0.3, -0.25) is 0 Å². The summed E-state index contributed by atoms with van der Waals surface area (Å²) in [6.45, 7) is 0.480. The van der Waals surface area contributed by atoms with E-state index in [0.29, 0.717) is 18.1 Å². The molecule has 1 atom stereocenters. The molecular formula is C10H13ClO3. The summed E-state index contributed by atoms with van der Waals surface area (Å²) in [6, 6.07) is 7.03. The van der Waals surface area contributed by atoms with Crippen molar-refractivity contribution < 1.29 is 14.6 Å². The summed E-state index contributed by atoms with van der Waals surface area (Å²) in [6.07, 6.45) is -0.878. The molecule has 1 rings (SSSR count). The maximum atomic E-state index is 9.31. The predicted octanol–water partition coefficient (Wildman–Crippen LogP) is 1.94. The van der Waals surface area contributed by atoms with Gasteiger partial charge >= 0.3 is 0 Å². The molecule has 0 bridgehead atoms. The molecule has 14 heavy (non-hydrogen) atoms. The quantitative estimate of drug-likeness (QED) is 0.604. The molecule has 78 valence electrons. The van der Waals surface area contributed by atoms with Gasteiger partial charge in [-0.15, -0.1) is 11.6 Å². The number of hydrogen-bond acceptors (Lipinski definition) is 3. The largest absolute Gasteiger partial charge is 0.492 e. The summed E-state index contributed by atoms with van der Waals surface area (Å²) in [5, 5.41) is 9.31. The fraction of sp³-hybridized carbons (Fsp3) is 0.400. The second-order valence-electron chi connectivity index (χ2n) is 2.69. The van der Waals surface area contributed by atoms with Crippen molar-refractivity contribution >= 4 is 11.6 Å². The summed E-state index contributed by atoms with van der Waals surface area (Å²) in [7, 11) is 1.45. The van der Waals surface area contributed by atoms with E-state index in [-0.39, 0.29) is 0 Å². The SMILES string of the molecule is COC(O)c1ccc(OCCCl)cc1. The summed E-state index contributed by atoms with van der Waals surface area (Å²) in [5.74, 6) is 1.19. The number of alkyl halides is 1. The van der Waals surface area contributed by atoms with Crippen LogP contribution >= 0.6 is 11.6 Å². The first-order valence-electron chi connectivity index (χ1n) is 4.27. The lowest BCUT2D eigenvalue weighted by Gasteiger charge is -2.09. The van der Waals surface area contributed by atoms with E-state index in [0.717, 1.165) is 5.75 Å². The lowest BCUT2D eigenvalue weighted by atomic mass is 10.2. The molecule has 0 aliphatic carbocycles. The van der Waals surface area contributed by atoms with Crippen LogP contribution in [0.5, 0.6) is 5.75 Å². The highest BCUT2D eigenvalue weighted by atomic mass is 35.5. The van der Waals surface area contributed by atoms with Crippen molar-refractivity contribution in [1.82, 2.24) is 0 Å². The van der Waals surface area contributed by atoms with Crippen molar-refractivity contribution in [2.24, 2.45) is 0 Å². The monoisotopic (exact) mass is 216 g/mol. The molecule has 0 heterocycles. The van der Waals surface area contributed by atoms with Gasteiger partial charge in [0.2, 0.25) is 0 Å². The maximum absolute atomic E-state index is 9.31. The number of rotatable bonds is 5. The third-order valence-electron chi connectivity index (χ3n) is 1.73. The van der Waals surface area contributed by atoms with Gasteiger partial charge in [0, 0.05) is 12.7 Å². The summed E-state index contributed by atoms with van der Waals surface area (Å²) in [4.78, 5) is 0. The van der Waals surface area contributed by atoms with E-state index in [1.807, 2.05) is 0 Å². The molecule has 0 aliphatic rings. The Kier molecular flexibility index (Phi) is 4.73. The number of hydrogen-bond donors (Lipinski definition) is 1. The first-order chi connectivity index (χ1) is 6.77. The molecule has 4 heteroatoms. The Bertz CT molecular complexity index is 261. The van der Waals surface area contributed by atoms with E-state index in [2.05, 4.69) is 0 Å². The van der Waals surface area contributed by atoms with Crippen LogP contribution in [0.2, 0.25) is 0 Å². The van der Waals surface area contributed by atoms with E-state index in [4.69, 9.17) is 21.1 Å². The maximum Gasteiger partial charge on any atom is 0.180 e. The van der Waals surface area contributed by atoms with Gasteiger partial charge in [-0.25, -0.2) is 0 Å². The van der Waals surface area contributed by atoms with E-state index in [1.165, 1.54) is 7.11 Å². The minimum atomic E-state index is -0.878. The molecule has 1 N–H and O–H groups in total. The van der Waals surface area contributed by atoms with Crippen molar-refractivity contribution in [3.8, 4) is 5.75 Å². The summed E-state index contributed by atoms with van der Waals surface area (Å²) in [5.41, 5.74) is 0.700. The minimum Gasteiger partial charge on any atom is -0.492 e. The van der Waals surface area contributed by atoms with Crippen LogP contribution < -0.4 is 4.74 Å². The molecule has 0 saturated carbocycles. The van der Waals surface area contributed by atoms with E-state index in [9.17, 15) is 5.11 Å². The van der Waals surface area contributed by atoms with Gasteiger partial charge in [-0.05, 0) is 12.1 Å². The standard InChI is InChI=1S/C10H13ClO3/c1-13-10(12)8-2-4-9(5-3-8)14-7-6-11/h2-5,10,12H,6-7H2,1H3. The van der Waals surface area contributed by atoms with Crippen molar-refractivity contribution in [3.63, 3.8) is 0 Å². The Morgan fingerprint density at radius 3 is 2.50 bits per heavy atom. The van der Waals surface area contributed by atoms with E-state index in [1.54, 1.807) is 24.3 Å². The van der Waals surface area contributed by atoms with Crippen LogP contribution in [0.3, 0.4) is 0 Å². The fourth-order valence-corrected chi connectivity index (χ4v) is 1.10. The van der Waals surface area contributed by atoms with Crippen molar-refractivity contribution in [3.05, 3.63) is 29.8 Å². The van der Waals surface area contributed by atoms with Gasteiger partial charge in [0.1, 0.15) is 12.4 Å². The molecule has 0 saturated heterocycles. The average molecular weight is 217 g/mol. The zero-order valence-electron chi connectivity index (χ0n) is 7.94. The third-order valence-corrected chi connectivity index (χ3v) is 1.89. The molecule has 1 unspecified atom stereocenters. The zero-order valence-corrected chi connectivity index (χ0v) is 8.70. The second kappa shape index (κ2) is 5.86. The lowest BCUT2D eigenvalue weighted by molar-refractivity contribution is -0.0769. The van der Waals surface area contributed by atoms with Gasteiger partial charge in [-0.1, -0.05) is 12.1 Å². The minimum absolute atomic E-state index is 0.461. The number of halogens is 1. The number of methoxy groups -OCH3 is 1. The van der Waals surface area contributed by atoms with Crippen LogP contribution in [-0.2, 0) is 4.74 Å². The highest BCUT2D eigenvalue weighted by Gasteiger charge is 2.04. The molecule has 0 amide bonds. The third kappa shape index (κ3) is 3.18. The molecule has 0 fully saturated rings. The molecule has 1 aromatic carbocycles. The summed E-state index contributed by atoms with van der Waals surface area (Å²) >= 11 is 5.47. The Hall–Kier alpha value is -0.770. The van der Waals surface area contributed by atoms with E-state index < -0.39 is 6.29 Å². The van der Waals surface area contributed by atoms with Crippen LogP contribution in [0.15, 0.2) is 24.3 Å². The Morgan fingerprint density at radius 1 is 1.36 bits per heavy atom. The van der Waals surface area contributed by atoms with Gasteiger partial charge in [0.15, 0.2) is 6.29 Å². The highest BCUT2D eigenvalue weighted by molar-refractivity contribution is 6.17. The predicted molar refractivity (Wildman–Crippen MR) is 54.6 cm³/mol. The topological polar surface area (TPSA) is 38.7 Å². The lowest BCUT2D eigenvalue weighted by Crippen LogP contribution is -2.00. The zero-order chi connectivity index (χ0) is 10.4. The Balaban J connectivity index is 2.59. The van der Waals surface area contributed by atoms with Gasteiger partial charge < -0.3 is 14.6 Å². The highest BCUT2D eigenvalue weighted by Crippen LogP contribution is 2.17. The number of aliphatic hydroxyl groups excluding tert-OH is 1. The van der Waals surface area contributed by atoms with Crippen LogP contribution in [-0.4, -0.2) is 24.7 Å². The molecule has 0 aliphatic heterocycles. The first-order valence-corrected chi connectivity index (χ1v) is 4.81. The normalized spacial score (nSPS) is 12.5. The number of aliphatic hydroxyl groups is 1. The van der Waals surface area contributed by atoms with Crippen LogP contribution in [0, 0.1) is 0 Å². The molecule has 1 aromatic rings. The van der Waals surface area contributed by atoms with Gasteiger partial charge in [-0.2, -0.15) is 0 Å². The Morgan fingerprint density at radius 2 is 2.00 bits per heavy atom. The molecule has 3 nitrogen and oxygen atoms in total. The van der Waals surface area contributed by atoms with Crippen molar-refractivity contribution in [2.75, 3.05) is 19.6 Å². The van der Waals surface area contributed by atoms with Crippen LogP contribution in [0.1, 0.15) is 11.9 Å². The molecular weight excluding hydrogens is 204 g/mol. The van der Waals surface area contributed by atoms with Gasteiger partial charge in [0.05, 0.1) is 5.88 Å². The molecule has 0 aromatic heterocycles. The van der Waals surface area contributed by atoms with E-state index >= 15 is 0 Å². The molecule has 0 spiro atoms. The van der Waals surface area contributed by atoms with Crippen LogP contribution in [0.25, 0.3) is 0 Å². The Labute approximate surface area is 88.2 Å². The smallest absolute Gasteiger partial charge is 0.180 e. The summed E-state index contributed by atoms with van der Waals surface area (Å²) < 4.78 is 10.0.